The van der Waals surface area contributed by atoms with Crippen LogP contribution < -0.4 is 4.74 Å². The highest BCUT2D eigenvalue weighted by Gasteiger charge is 2.22. The zero-order valence-electron chi connectivity index (χ0n) is 15.8. The molecule has 1 fully saturated rings. The van der Waals surface area contributed by atoms with Crippen LogP contribution in [0.4, 0.5) is 0 Å². The van der Waals surface area contributed by atoms with Crippen LogP contribution in [0.15, 0.2) is 42.9 Å². The van der Waals surface area contributed by atoms with E-state index in [9.17, 15) is 0 Å². The van der Waals surface area contributed by atoms with Crippen molar-refractivity contribution < 1.29 is 9.47 Å². The van der Waals surface area contributed by atoms with Crippen LogP contribution in [0.2, 0.25) is 0 Å². The molecule has 0 amide bonds. The van der Waals surface area contributed by atoms with E-state index in [0.29, 0.717) is 24.2 Å². The van der Waals surface area contributed by atoms with Crippen LogP contribution in [-0.2, 0) is 11.3 Å². The Labute approximate surface area is 159 Å². The number of nitrogens with zero attached hydrogens (tertiary/aromatic N) is 4. The molecule has 0 bridgehead atoms. The normalized spacial score (nSPS) is 20.5. The van der Waals surface area contributed by atoms with Gasteiger partial charge in [0.25, 0.3) is 5.78 Å². The highest BCUT2D eigenvalue weighted by Crippen LogP contribution is 2.34. The Bertz CT molecular complexity index is 879. The van der Waals surface area contributed by atoms with Crippen LogP contribution in [0, 0.1) is 5.92 Å². The minimum atomic E-state index is 0.514. The molecule has 4 rings (SSSR count). The molecule has 142 valence electrons. The van der Waals surface area contributed by atoms with E-state index in [0.717, 1.165) is 24.3 Å². The van der Waals surface area contributed by atoms with E-state index in [-0.39, 0.29) is 0 Å². The van der Waals surface area contributed by atoms with Crippen LogP contribution >= 0.6 is 0 Å². The molecule has 1 saturated carbocycles. The number of rotatable bonds is 6. The van der Waals surface area contributed by atoms with Crippen molar-refractivity contribution in [1.82, 2.24) is 19.6 Å². The van der Waals surface area contributed by atoms with E-state index in [4.69, 9.17) is 9.47 Å². The molecule has 0 aliphatic heterocycles. The van der Waals surface area contributed by atoms with Gasteiger partial charge in [-0.05, 0) is 55.4 Å². The summed E-state index contributed by atoms with van der Waals surface area (Å²) in [5, 5.41) is 4.35. The Morgan fingerprint density at radius 2 is 2.07 bits per heavy atom. The summed E-state index contributed by atoms with van der Waals surface area (Å²) in [6.45, 7) is 1.46. The van der Waals surface area contributed by atoms with Crippen molar-refractivity contribution >= 4 is 5.78 Å². The molecule has 2 heterocycles. The molecule has 3 aromatic rings. The van der Waals surface area contributed by atoms with Crippen LogP contribution in [0.5, 0.6) is 5.75 Å². The highest BCUT2D eigenvalue weighted by molar-refractivity contribution is 5.28. The lowest BCUT2D eigenvalue weighted by molar-refractivity contribution is 0.0816. The fraction of sp³-hybridized carbons (Fsp3) is 0.476. The van der Waals surface area contributed by atoms with E-state index in [1.807, 2.05) is 28.9 Å². The molecule has 0 spiro atoms. The second-order valence-corrected chi connectivity index (χ2v) is 7.28. The van der Waals surface area contributed by atoms with Gasteiger partial charge in [0.1, 0.15) is 12.1 Å². The highest BCUT2D eigenvalue weighted by atomic mass is 16.5. The minimum Gasteiger partial charge on any atom is -0.497 e. The van der Waals surface area contributed by atoms with Gasteiger partial charge in [-0.1, -0.05) is 18.6 Å². The standard InChI is InChI=1S/C21H26N4O2/c1-26-19-7-3-5-17(12-19)14-27-13-16-4-2-6-18(9-8-16)20-10-11-22-21-23-15-24-25(20)21/h3,5,7,10-12,15-16,18H,2,4,6,8-9,13-14H2,1H3/t16-,18?/m0/s1. The largest absolute Gasteiger partial charge is 0.497 e. The average molecular weight is 366 g/mol. The zero-order valence-corrected chi connectivity index (χ0v) is 15.8. The number of aromatic nitrogens is 4. The Morgan fingerprint density at radius 1 is 1.11 bits per heavy atom. The molecule has 0 radical (unpaired) electrons. The average Bonchev–Trinajstić information content (AvgIpc) is 3.07. The van der Waals surface area contributed by atoms with Crippen LogP contribution in [0.3, 0.4) is 0 Å². The van der Waals surface area contributed by atoms with Crippen molar-refractivity contribution in [3.05, 3.63) is 54.1 Å². The van der Waals surface area contributed by atoms with Gasteiger partial charge in [0.05, 0.1) is 19.4 Å². The second kappa shape index (κ2) is 8.48. The van der Waals surface area contributed by atoms with Gasteiger partial charge in [-0.25, -0.2) is 9.50 Å². The monoisotopic (exact) mass is 366 g/mol. The molecule has 2 atom stereocenters. The Morgan fingerprint density at radius 3 is 3.00 bits per heavy atom. The maximum atomic E-state index is 6.02. The van der Waals surface area contributed by atoms with Crippen LogP contribution in [-0.4, -0.2) is 33.3 Å². The van der Waals surface area contributed by atoms with E-state index in [1.54, 1.807) is 13.4 Å². The first-order valence-electron chi connectivity index (χ1n) is 9.69. The molecule has 1 unspecified atom stereocenters. The summed E-state index contributed by atoms with van der Waals surface area (Å²) in [7, 11) is 1.69. The molecule has 6 heteroatoms. The number of fused-ring (bicyclic) bond motifs is 1. The minimum absolute atomic E-state index is 0.514. The molecule has 6 nitrogen and oxygen atoms in total. The topological polar surface area (TPSA) is 61.5 Å². The SMILES string of the molecule is COc1cccc(COC[C@H]2CCCC(c3ccnc4ncnn34)CC2)c1. The molecule has 0 saturated heterocycles. The summed E-state index contributed by atoms with van der Waals surface area (Å²) in [6, 6.07) is 10.2. The van der Waals surface area contributed by atoms with Crippen LogP contribution in [0.1, 0.15) is 49.3 Å². The summed E-state index contributed by atoms with van der Waals surface area (Å²) in [5.74, 6) is 2.70. The fourth-order valence-electron chi connectivity index (χ4n) is 4.01. The smallest absolute Gasteiger partial charge is 0.252 e. The zero-order chi connectivity index (χ0) is 18.5. The van der Waals surface area contributed by atoms with Crippen molar-refractivity contribution in [3.63, 3.8) is 0 Å². The molecule has 1 aliphatic carbocycles. The van der Waals surface area contributed by atoms with E-state index in [1.165, 1.54) is 31.4 Å². The summed E-state index contributed by atoms with van der Waals surface area (Å²) in [4.78, 5) is 8.48. The maximum absolute atomic E-state index is 6.02. The quantitative estimate of drug-likeness (QED) is 0.617. The Hall–Kier alpha value is -2.47. The van der Waals surface area contributed by atoms with Gasteiger partial charge in [-0.15, -0.1) is 0 Å². The van der Waals surface area contributed by atoms with E-state index in [2.05, 4.69) is 27.2 Å². The van der Waals surface area contributed by atoms with Gasteiger partial charge in [-0.3, -0.25) is 0 Å². The van der Waals surface area contributed by atoms with Crippen molar-refractivity contribution in [3.8, 4) is 5.75 Å². The van der Waals surface area contributed by atoms with Crippen molar-refractivity contribution in [2.45, 2.75) is 44.6 Å². The fourth-order valence-corrected chi connectivity index (χ4v) is 4.01. The molecule has 1 aromatic carbocycles. The van der Waals surface area contributed by atoms with Gasteiger partial charge in [0, 0.05) is 18.7 Å². The lowest BCUT2D eigenvalue weighted by Crippen LogP contribution is -2.10. The van der Waals surface area contributed by atoms with Gasteiger partial charge in [0.15, 0.2) is 0 Å². The molecular weight excluding hydrogens is 340 g/mol. The molecule has 1 aliphatic rings. The van der Waals surface area contributed by atoms with Gasteiger partial charge in [0.2, 0.25) is 0 Å². The Balaban J connectivity index is 1.31. The second-order valence-electron chi connectivity index (χ2n) is 7.28. The number of benzene rings is 1. The Kier molecular flexibility index (Phi) is 5.63. The van der Waals surface area contributed by atoms with Gasteiger partial charge >= 0.3 is 0 Å². The first kappa shape index (κ1) is 17.9. The number of methoxy groups -OCH3 is 1. The van der Waals surface area contributed by atoms with Crippen molar-refractivity contribution in [1.29, 1.82) is 0 Å². The third-order valence-electron chi connectivity index (χ3n) is 5.47. The third kappa shape index (κ3) is 4.27. The number of hydrogen-bond acceptors (Lipinski definition) is 5. The summed E-state index contributed by atoms with van der Waals surface area (Å²) >= 11 is 0. The van der Waals surface area contributed by atoms with Crippen molar-refractivity contribution in [2.75, 3.05) is 13.7 Å². The number of hydrogen-bond donors (Lipinski definition) is 0. The first-order valence-corrected chi connectivity index (χ1v) is 9.69. The molecule has 0 N–H and O–H groups in total. The first-order chi connectivity index (χ1) is 13.3. The molecule has 27 heavy (non-hydrogen) atoms. The third-order valence-corrected chi connectivity index (χ3v) is 5.47. The number of ether oxygens (including phenoxy) is 2. The predicted molar refractivity (Wildman–Crippen MR) is 103 cm³/mol. The van der Waals surface area contributed by atoms with Gasteiger partial charge < -0.3 is 9.47 Å². The van der Waals surface area contributed by atoms with Gasteiger partial charge in [-0.2, -0.15) is 10.1 Å². The van der Waals surface area contributed by atoms with Crippen molar-refractivity contribution in [2.24, 2.45) is 5.92 Å². The van der Waals surface area contributed by atoms with E-state index >= 15 is 0 Å². The lowest BCUT2D eigenvalue weighted by Gasteiger charge is -2.16. The lowest BCUT2D eigenvalue weighted by atomic mass is 9.95. The maximum Gasteiger partial charge on any atom is 0.252 e. The predicted octanol–water partition coefficient (Wildman–Crippen LogP) is 4.01. The van der Waals surface area contributed by atoms with E-state index < -0.39 is 0 Å². The van der Waals surface area contributed by atoms with Crippen LogP contribution in [0.25, 0.3) is 5.78 Å². The molecule has 2 aromatic heterocycles. The molecular formula is C21H26N4O2. The summed E-state index contributed by atoms with van der Waals surface area (Å²) in [5.41, 5.74) is 2.39. The summed E-state index contributed by atoms with van der Waals surface area (Å²) in [6.07, 6.45) is 9.39. The summed E-state index contributed by atoms with van der Waals surface area (Å²) < 4.78 is 13.2.